The van der Waals surface area contributed by atoms with Crippen LogP contribution in [0.25, 0.3) is 11.0 Å². The molecule has 0 bridgehead atoms. The monoisotopic (exact) mass is 291 g/mol. The number of carboxylic acids is 1. The Morgan fingerprint density at radius 1 is 1.38 bits per heavy atom. The molecule has 0 saturated heterocycles. The van der Waals surface area contributed by atoms with E-state index in [9.17, 15) is 14.4 Å². The van der Waals surface area contributed by atoms with Gasteiger partial charge in [0.05, 0.1) is 13.5 Å². The van der Waals surface area contributed by atoms with Crippen molar-refractivity contribution in [2.24, 2.45) is 0 Å². The summed E-state index contributed by atoms with van der Waals surface area (Å²) in [6.45, 7) is -0.0657. The zero-order valence-electron chi connectivity index (χ0n) is 11.2. The molecule has 1 amide bonds. The quantitative estimate of drug-likeness (QED) is 0.796. The zero-order chi connectivity index (χ0) is 15.4. The van der Waals surface area contributed by atoms with Crippen LogP contribution in [0.2, 0.25) is 0 Å². The van der Waals surface area contributed by atoms with Gasteiger partial charge in [-0.25, -0.2) is 4.79 Å². The molecule has 0 saturated carbocycles. The number of carboxylic acid groups (broad SMARTS) is 1. The van der Waals surface area contributed by atoms with Crippen LogP contribution in [-0.2, 0) is 4.79 Å². The Labute approximate surface area is 119 Å². The zero-order valence-corrected chi connectivity index (χ0v) is 11.2. The smallest absolute Gasteiger partial charge is 0.349 e. The maximum Gasteiger partial charge on any atom is 0.349 e. The highest BCUT2D eigenvalue weighted by atomic mass is 16.5. The first-order valence-corrected chi connectivity index (χ1v) is 6.14. The number of carbonyl (C=O) groups excluding carboxylic acids is 1. The van der Waals surface area contributed by atoms with Crippen molar-refractivity contribution in [1.82, 2.24) is 5.32 Å². The third kappa shape index (κ3) is 3.19. The van der Waals surface area contributed by atoms with Crippen LogP contribution >= 0.6 is 0 Å². The second-order valence-corrected chi connectivity index (χ2v) is 4.23. The fourth-order valence-electron chi connectivity index (χ4n) is 1.81. The molecule has 0 aliphatic rings. The summed E-state index contributed by atoms with van der Waals surface area (Å²) in [5.41, 5.74) is -0.729. The van der Waals surface area contributed by atoms with Crippen molar-refractivity contribution in [3.63, 3.8) is 0 Å². The van der Waals surface area contributed by atoms with Crippen LogP contribution in [0.5, 0.6) is 5.75 Å². The van der Waals surface area contributed by atoms with Crippen molar-refractivity contribution in [3.8, 4) is 5.75 Å². The van der Waals surface area contributed by atoms with E-state index in [0.717, 1.165) is 0 Å². The molecule has 1 aromatic carbocycles. The summed E-state index contributed by atoms with van der Waals surface area (Å²) in [5.74, 6) is -1.32. The third-order valence-corrected chi connectivity index (χ3v) is 2.81. The number of aliphatic carboxylic acids is 1. The number of hydrogen-bond donors (Lipinski definition) is 2. The Morgan fingerprint density at radius 3 is 2.81 bits per heavy atom. The summed E-state index contributed by atoms with van der Waals surface area (Å²) in [5, 5.41) is 11.4. The van der Waals surface area contributed by atoms with E-state index in [-0.39, 0.29) is 24.1 Å². The SMILES string of the molecule is COc1cccc2cc(C(=O)NCCC(=O)O)c(=O)oc12. The van der Waals surface area contributed by atoms with Crippen molar-refractivity contribution in [1.29, 1.82) is 0 Å². The van der Waals surface area contributed by atoms with Gasteiger partial charge in [-0.2, -0.15) is 0 Å². The Morgan fingerprint density at radius 2 is 2.14 bits per heavy atom. The van der Waals surface area contributed by atoms with E-state index in [1.54, 1.807) is 18.2 Å². The molecule has 7 nitrogen and oxygen atoms in total. The van der Waals surface area contributed by atoms with Crippen LogP contribution in [0.3, 0.4) is 0 Å². The number of para-hydroxylation sites is 1. The molecule has 0 aliphatic heterocycles. The van der Waals surface area contributed by atoms with Crippen LogP contribution in [-0.4, -0.2) is 30.6 Å². The van der Waals surface area contributed by atoms with Crippen LogP contribution in [0.1, 0.15) is 16.8 Å². The van der Waals surface area contributed by atoms with Gasteiger partial charge in [-0.3, -0.25) is 9.59 Å². The number of ether oxygens (including phenoxy) is 1. The molecule has 7 heteroatoms. The summed E-state index contributed by atoms with van der Waals surface area (Å²) in [7, 11) is 1.45. The van der Waals surface area contributed by atoms with Crippen LogP contribution < -0.4 is 15.7 Å². The summed E-state index contributed by atoms with van der Waals surface area (Å²) in [6.07, 6.45) is -0.224. The molecule has 2 rings (SSSR count). The number of amides is 1. The topological polar surface area (TPSA) is 106 Å². The first-order valence-electron chi connectivity index (χ1n) is 6.14. The molecule has 0 spiro atoms. The van der Waals surface area contributed by atoms with E-state index >= 15 is 0 Å². The van der Waals surface area contributed by atoms with E-state index in [1.165, 1.54) is 13.2 Å². The van der Waals surface area contributed by atoms with Gasteiger partial charge in [0.2, 0.25) is 0 Å². The highest BCUT2D eigenvalue weighted by Crippen LogP contribution is 2.24. The van der Waals surface area contributed by atoms with Crippen molar-refractivity contribution < 1.29 is 23.8 Å². The lowest BCUT2D eigenvalue weighted by atomic mass is 10.1. The average Bonchev–Trinajstić information content (AvgIpc) is 2.45. The Balaban J connectivity index is 2.33. The van der Waals surface area contributed by atoms with Gasteiger partial charge < -0.3 is 19.6 Å². The van der Waals surface area contributed by atoms with Crippen LogP contribution in [0.4, 0.5) is 0 Å². The molecule has 1 aromatic heterocycles. The molecule has 2 aromatic rings. The largest absolute Gasteiger partial charge is 0.493 e. The standard InChI is InChI=1S/C14H13NO6/c1-20-10-4-2-3-8-7-9(14(19)21-12(8)10)13(18)15-6-5-11(16)17/h2-4,7H,5-6H2,1H3,(H,15,18)(H,16,17). The van der Waals surface area contributed by atoms with Gasteiger partial charge in [-0.15, -0.1) is 0 Å². The Kier molecular flexibility index (Phi) is 4.22. The summed E-state index contributed by atoms with van der Waals surface area (Å²) in [6, 6.07) is 6.40. The van der Waals surface area contributed by atoms with E-state index in [1.807, 2.05) is 0 Å². The second kappa shape index (κ2) is 6.08. The lowest BCUT2D eigenvalue weighted by molar-refractivity contribution is -0.136. The molecular formula is C14H13NO6. The predicted molar refractivity (Wildman–Crippen MR) is 73.6 cm³/mol. The van der Waals surface area contributed by atoms with Gasteiger partial charge in [0, 0.05) is 11.9 Å². The first-order chi connectivity index (χ1) is 10.0. The van der Waals surface area contributed by atoms with Gasteiger partial charge in [0.15, 0.2) is 11.3 Å². The summed E-state index contributed by atoms with van der Waals surface area (Å²) < 4.78 is 10.2. The molecule has 2 N–H and O–H groups in total. The van der Waals surface area contributed by atoms with Gasteiger partial charge >= 0.3 is 11.6 Å². The number of nitrogens with one attached hydrogen (secondary N) is 1. The number of rotatable bonds is 5. The number of fused-ring (bicyclic) bond motifs is 1. The summed E-state index contributed by atoms with van der Waals surface area (Å²) in [4.78, 5) is 34.1. The minimum absolute atomic E-state index is 0.0657. The number of benzene rings is 1. The van der Waals surface area contributed by atoms with Crippen molar-refractivity contribution >= 4 is 22.8 Å². The Bertz CT molecular complexity index is 749. The van der Waals surface area contributed by atoms with Crippen molar-refractivity contribution in [3.05, 3.63) is 40.2 Å². The first kappa shape index (κ1) is 14.6. The highest BCUT2D eigenvalue weighted by molar-refractivity contribution is 5.97. The number of hydrogen-bond acceptors (Lipinski definition) is 5. The average molecular weight is 291 g/mol. The number of methoxy groups -OCH3 is 1. The van der Waals surface area contributed by atoms with E-state index in [0.29, 0.717) is 11.1 Å². The number of carbonyl (C=O) groups is 2. The fourth-order valence-corrected chi connectivity index (χ4v) is 1.81. The minimum atomic E-state index is -1.04. The third-order valence-electron chi connectivity index (χ3n) is 2.81. The predicted octanol–water partition coefficient (Wildman–Crippen LogP) is 1.01. The van der Waals surface area contributed by atoms with Gasteiger partial charge in [-0.1, -0.05) is 12.1 Å². The fraction of sp³-hybridized carbons (Fsp3) is 0.214. The maximum atomic E-state index is 11.8. The Hall–Kier alpha value is -2.83. The molecule has 0 fully saturated rings. The lowest BCUT2D eigenvalue weighted by Gasteiger charge is -2.06. The molecule has 0 aliphatic carbocycles. The lowest BCUT2D eigenvalue weighted by Crippen LogP contribution is -2.30. The second-order valence-electron chi connectivity index (χ2n) is 4.23. The van der Waals surface area contributed by atoms with E-state index < -0.39 is 17.5 Å². The van der Waals surface area contributed by atoms with Gasteiger partial charge in [0.1, 0.15) is 5.56 Å². The highest BCUT2D eigenvalue weighted by Gasteiger charge is 2.15. The molecule has 0 atom stereocenters. The molecular weight excluding hydrogens is 278 g/mol. The summed E-state index contributed by atoms with van der Waals surface area (Å²) >= 11 is 0. The van der Waals surface area contributed by atoms with E-state index in [2.05, 4.69) is 5.32 Å². The van der Waals surface area contributed by atoms with Crippen LogP contribution in [0.15, 0.2) is 33.5 Å². The molecule has 0 unspecified atom stereocenters. The normalized spacial score (nSPS) is 10.3. The molecule has 1 heterocycles. The van der Waals surface area contributed by atoms with Crippen LogP contribution in [0, 0.1) is 0 Å². The van der Waals surface area contributed by atoms with Gasteiger partial charge in [0.25, 0.3) is 5.91 Å². The van der Waals surface area contributed by atoms with Crippen molar-refractivity contribution in [2.45, 2.75) is 6.42 Å². The van der Waals surface area contributed by atoms with Crippen molar-refractivity contribution in [2.75, 3.05) is 13.7 Å². The van der Waals surface area contributed by atoms with Gasteiger partial charge in [-0.05, 0) is 12.1 Å². The minimum Gasteiger partial charge on any atom is -0.493 e. The molecule has 21 heavy (non-hydrogen) atoms. The maximum absolute atomic E-state index is 11.8. The molecule has 0 radical (unpaired) electrons. The molecule has 110 valence electrons. The van der Waals surface area contributed by atoms with E-state index in [4.69, 9.17) is 14.3 Å².